The normalized spacial score (nSPS) is 11.9. The summed E-state index contributed by atoms with van der Waals surface area (Å²) < 4.78 is 4.92. The molecule has 1 aromatic rings. The molecule has 0 heterocycles. The Labute approximate surface area is 116 Å². The molecule has 19 heavy (non-hydrogen) atoms. The van der Waals surface area contributed by atoms with Gasteiger partial charge in [0, 0.05) is 18.0 Å². The third kappa shape index (κ3) is 5.32. The van der Waals surface area contributed by atoms with Crippen LogP contribution in [0, 0.1) is 0 Å². The van der Waals surface area contributed by atoms with Gasteiger partial charge in [0.05, 0.1) is 17.9 Å². The average Bonchev–Trinajstić information content (AvgIpc) is 2.36. The molecule has 0 aliphatic heterocycles. The third-order valence-electron chi connectivity index (χ3n) is 2.30. The topological polar surface area (TPSA) is 75.6 Å². The summed E-state index contributed by atoms with van der Waals surface area (Å²) in [6.07, 6.45) is 0. The van der Waals surface area contributed by atoms with E-state index < -0.39 is 5.97 Å². The molecule has 1 amide bonds. The van der Waals surface area contributed by atoms with Gasteiger partial charge in [0.1, 0.15) is 0 Å². The molecular weight excluding hydrogens is 266 g/mol. The van der Waals surface area contributed by atoms with Crippen molar-refractivity contribution in [3.8, 4) is 0 Å². The third-order valence-corrected chi connectivity index (χ3v) is 3.37. The predicted octanol–water partition coefficient (Wildman–Crippen LogP) is 1.63. The molecular formula is C13H17NO4S. The summed E-state index contributed by atoms with van der Waals surface area (Å²) in [6, 6.07) is 6.57. The molecule has 0 aromatic heterocycles. The Morgan fingerprint density at radius 3 is 2.74 bits per heavy atom. The number of ether oxygens (including phenoxy) is 1. The molecule has 2 N–H and O–H groups in total. The van der Waals surface area contributed by atoms with E-state index in [0.717, 1.165) is 0 Å². The minimum atomic E-state index is -0.990. The quantitative estimate of drug-likeness (QED) is 0.744. The second kappa shape index (κ2) is 7.81. The number of benzene rings is 1. The number of methoxy groups -OCH3 is 1. The number of thioether (sulfide) groups is 1. The summed E-state index contributed by atoms with van der Waals surface area (Å²) in [4.78, 5) is 23.2. The molecule has 1 unspecified atom stereocenters. The monoisotopic (exact) mass is 283 g/mol. The van der Waals surface area contributed by atoms with Crippen LogP contribution in [0.25, 0.3) is 0 Å². The van der Waals surface area contributed by atoms with Gasteiger partial charge in [0.2, 0.25) is 5.91 Å². The van der Waals surface area contributed by atoms with Gasteiger partial charge in [-0.25, -0.2) is 4.79 Å². The first kappa shape index (κ1) is 15.5. The van der Waals surface area contributed by atoms with Crippen LogP contribution in [-0.2, 0) is 9.53 Å². The van der Waals surface area contributed by atoms with Gasteiger partial charge in [0.15, 0.2) is 0 Å². The van der Waals surface area contributed by atoms with Crippen LogP contribution in [-0.4, -0.2) is 42.5 Å². The molecule has 0 spiro atoms. The standard InChI is InChI=1S/C13H17NO4S/c1-9(7-18-2)14-12(15)8-19-11-6-4-3-5-10(11)13(16)17/h3-6,9H,7-8H2,1-2H3,(H,14,15)(H,16,17). The van der Waals surface area contributed by atoms with Gasteiger partial charge in [-0.3, -0.25) is 4.79 Å². The van der Waals surface area contributed by atoms with Gasteiger partial charge >= 0.3 is 5.97 Å². The fourth-order valence-electron chi connectivity index (χ4n) is 1.52. The lowest BCUT2D eigenvalue weighted by molar-refractivity contribution is -0.119. The molecule has 0 bridgehead atoms. The van der Waals surface area contributed by atoms with Crippen molar-refractivity contribution < 1.29 is 19.4 Å². The summed E-state index contributed by atoms with van der Waals surface area (Å²) in [5, 5.41) is 11.8. The molecule has 0 radical (unpaired) electrons. The van der Waals surface area contributed by atoms with Crippen molar-refractivity contribution in [2.24, 2.45) is 0 Å². The van der Waals surface area contributed by atoms with Gasteiger partial charge in [-0.15, -0.1) is 11.8 Å². The average molecular weight is 283 g/mol. The van der Waals surface area contributed by atoms with E-state index in [1.165, 1.54) is 17.8 Å². The second-order valence-corrected chi connectivity index (χ2v) is 5.03. The minimum Gasteiger partial charge on any atom is -0.478 e. The molecule has 0 aliphatic rings. The molecule has 1 aromatic carbocycles. The minimum absolute atomic E-state index is 0.0622. The largest absolute Gasteiger partial charge is 0.478 e. The Bertz CT molecular complexity index is 450. The number of carbonyl (C=O) groups excluding carboxylic acids is 1. The lowest BCUT2D eigenvalue weighted by Crippen LogP contribution is -2.36. The first-order valence-corrected chi connectivity index (χ1v) is 6.76. The van der Waals surface area contributed by atoms with E-state index in [0.29, 0.717) is 11.5 Å². The molecule has 0 saturated heterocycles. The van der Waals surface area contributed by atoms with Crippen LogP contribution in [0.1, 0.15) is 17.3 Å². The van der Waals surface area contributed by atoms with Gasteiger partial charge < -0.3 is 15.2 Å². The first-order valence-electron chi connectivity index (χ1n) is 5.78. The summed E-state index contributed by atoms with van der Waals surface area (Å²) in [6.45, 7) is 2.29. The lowest BCUT2D eigenvalue weighted by atomic mass is 10.2. The number of carboxylic acids is 1. The van der Waals surface area contributed by atoms with E-state index in [9.17, 15) is 9.59 Å². The fraction of sp³-hybridized carbons (Fsp3) is 0.385. The number of rotatable bonds is 7. The lowest BCUT2D eigenvalue weighted by Gasteiger charge is -2.12. The Kier molecular flexibility index (Phi) is 6.38. The molecule has 1 rings (SSSR count). The highest BCUT2D eigenvalue weighted by atomic mass is 32.2. The number of carboxylic acid groups (broad SMARTS) is 1. The van der Waals surface area contributed by atoms with Crippen molar-refractivity contribution in [1.82, 2.24) is 5.32 Å². The van der Waals surface area contributed by atoms with Crippen LogP contribution in [0.15, 0.2) is 29.2 Å². The van der Waals surface area contributed by atoms with Crippen molar-refractivity contribution in [2.45, 2.75) is 17.9 Å². The van der Waals surface area contributed by atoms with Crippen LogP contribution in [0.3, 0.4) is 0 Å². The Balaban J connectivity index is 2.53. The second-order valence-electron chi connectivity index (χ2n) is 4.01. The fourth-order valence-corrected chi connectivity index (χ4v) is 2.38. The number of hydrogen-bond donors (Lipinski definition) is 2. The zero-order valence-electron chi connectivity index (χ0n) is 10.9. The number of amides is 1. The summed E-state index contributed by atoms with van der Waals surface area (Å²) in [7, 11) is 1.57. The van der Waals surface area contributed by atoms with Crippen molar-refractivity contribution in [3.05, 3.63) is 29.8 Å². The SMILES string of the molecule is COCC(C)NC(=O)CSc1ccccc1C(=O)O. The summed E-state index contributed by atoms with van der Waals surface area (Å²) in [5.41, 5.74) is 0.213. The maximum atomic E-state index is 11.6. The number of nitrogens with one attached hydrogen (secondary N) is 1. The Hall–Kier alpha value is -1.53. The van der Waals surface area contributed by atoms with E-state index in [1.807, 2.05) is 6.92 Å². The smallest absolute Gasteiger partial charge is 0.336 e. The van der Waals surface area contributed by atoms with E-state index in [1.54, 1.807) is 25.3 Å². The number of carbonyl (C=O) groups is 2. The van der Waals surface area contributed by atoms with Crippen LogP contribution in [0.2, 0.25) is 0 Å². The predicted molar refractivity (Wildman–Crippen MR) is 73.6 cm³/mol. The van der Waals surface area contributed by atoms with E-state index in [-0.39, 0.29) is 23.3 Å². The first-order chi connectivity index (χ1) is 9.04. The molecule has 104 valence electrons. The van der Waals surface area contributed by atoms with Gasteiger partial charge in [-0.1, -0.05) is 12.1 Å². The maximum absolute atomic E-state index is 11.6. The molecule has 0 fully saturated rings. The van der Waals surface area contributed by atoms with Gasteiger partial charge in [-0.05, 0) is 19.1 Å². The highest BCUT2D eigenvalue weighted by molar-refractivity contribution is 8.00. The molecule has 6 heteroatoms. The van der Waals surface area contributed by atoms with Crippen LogP contribution >= 0.6 is 11.8 Å². The van der Waals surface area contributed by atoms with Crippen LogP contribution < -0.4 is 5.32 Å². The van der Waals surface area contributed by atoms with E-state index >= 15 is 0 Å². The van der Waals surface area contributed by atoms with Crippen molar-refractivity contribution in [1.29, 1.82) is 0 Å². The van der Waals surface area contributed by atoms with Crippen LogP contribution in [0.4, 0.5) is 0 Å². The number of aromatic carboxylic acids is 1. The summed E-state index contributed by atoms with van der Waals surface area (Å²) >= 11 is 1.21. The number of hydrogen-bond acceptors (Lipinski definition) is 4. The van der Waals surface area contributed by atoms with Gasteiger partial charge in [-0.2, -0.15) is 0 Å². The molecule has 0 saturated carbocycles. The Morgan fingerprint density at radius 2 is 2.11 bits per heavy atom. The van der Waals surface area contributed by atoms with E-state index in [2.05, 4.69) is 5.32 Å². The highest BCUT2D eigenvalue weighted by Gasteiger charge is 2.12. The zero-order valence-corrected chi connectivity index (χ0v) is 11.7. The highest BCUT2D eigenvalue weighted by Crippen LogP contribution is 2.22. The van der Waals surface area contributed by atoms with Crippen molar-refractivity contribution >= 4 is 23.6 Å². The molecule has 5 nitrogen and oxygen atoms in total. The maximum Gasteiger partial charge on any atom is 0.336 e. The van der Waals surface area contributed by atoms with E-state index in [4.69, 9.17) is 9.84 Å². The van der Waals surface area contributed by atoms with Gasteiger partial charge in [0.25, 0.3) is 0 Å². The molecule has 1 atom stereocenters. The van der Waals surface area contributed by atoms with Crippen LogP contribution in [0.5, 0.6) is 0 Å². The van der Waals surface area contributed by atoms with Crippen molar-refractivity contribution in [2.75, 3.05) is 19.5 Å². The Morgan fingerprint density at radius 1 is 1.42 bits per heavy atom. The zero-order chi connectivity index (χ0) is 14.3. The summed E-state index contributed by atoms with van der Waals surface area (Å²) in [5.74, 6) is -0.954. The molecule has 0 aliphatic carbocycles. The van der Waals surface area contributed by atoms with Crippen molar-refractivity contribution in [3.63, 3.8) is 0 Å².